The van der Waals surface area contributed by atoms with Gasteiger partial charge < -0.3 is 60.4 Å². The molecule has 2 aromatic heterocycles. The normalized spacial score (nSPS) is 10.2. The zero-order valence-corrected chi connectivity index (χ0v) is 25.5. The average molecular weight is 666 g/mol. The Labute approximate surface area is 254 Å². The summed E-state index contributed by atoms with van der Waals surface area (Å²) in [5.41, 5.74) is 12.5. The van der Waals surface area contributed by atoms with Crippen LogP contribution < -0.4 is 69.5 Å². The van der Waals surface area contributed by atoms with E-state index in [4.69, 9.17) is 10.5 Å². The van der Waals surface area contributed by atoms with Crippen LogP contribution in [0.5, 0.6) is 5.75 Å². The van der Waals surface area contributed by atoms with Gasteiger partial charge in [0.1, 0.15) is 19.8 Å². The molecule has 0 saturated heterocycles. The van der Waals surface area contributed by atoms with Crippen molar-refractivity contribution in [3.05, 3.63) is 103 Å². The van der Waals surface area contributed by atoms with Gasteiger partial charge in [-0.05, 0) is 48.5 Å². The van der Waals surface area contributed by atoms with Crippen molar-refractivity contribution < 1.29 is 52.6 Å². The second kappa shape index (κ2) is 13.3. The molecule has 2 heterocycles. The summed E-state index contributed by atoms with van der Waals surface area (Å²) < 4.78 is 9.62. The highest BCUT2D eigenvalue weighted by atomic mass is 79.9. The van der Waals surface area contributed by atoms with Crippen molar-refractivity contribution >= 4 is 50.9 Å². The number of ether oxygens (including phenoxy) is 1. The van der Waals surface area contributed by atoms with Crippen LogP contribution in [0.1, 0.15) is 10.4 Å². The largest absolute Gasteiger partial charge is 1.00 e. The van der Waals surface area contributed by atoms with E-state index in [1.54, 1.807) is 25.3 Å². The van der Waals surface area contributed by atoms with Crippen molar-refractivity contribution in [3.8, 4) is 5.75 Å². The van der Waals surface area contributed by atoms with Crippen LogP contribution in [0.2, 0.25) is 0 Å². The highest BCUT2D eigenvalue weighted by Gasteiger charge is 2.14. The number of carbonyl (C=O) groups excluding carboxylic acids is 1. The number of pyridine rings is 2. The molecule has 0 saturated carbocycles. The summed E-state index contributed by atoms with van der Waals surface area (Å²) in [5.74, 6) is 0.403. The van der Waals surface area contributed by atoms with Gasteiger partial charge in [0.2, 0.25) is 5.52 Å². The molecular weight excluding hydrogens is 636 g/mol. The topological polar surface area (TPSA) is 96.2 Å². The number of aromatic nitrogens is 2. The van der Waals surface area contributed by atoms with Gasteiger partial charge >= 0.3 is 0 Å². The third kappa shape index (κ3) is 6.88. The Hall–Kier alpha value is -4.15. The van der Waals surface area contributed by atoms with Gasteiger partial charge in [0.05, 0.1) is 29.6 Å². The molecule has 0 spiro atoms. The molecule has 0 aliphatic carbocycles. The van der Waals surface area contributed by atoms with Crippen molar-refractivity contribution in [1.82, 2.24) is 0 Å². The van der Waals surface area contributed by atoms with Gasteiger partial charge in [-0.1, -0.05) is 0 Å². The Morgan fingerprint density at radius 2 is 1.43 bits per heavy atom. The summed E-state index contributed by atoms with van der Waals surface area (Å²) in [6, 6.07) is 24.7. The number of halogens is 2. The van der Waals surface area contributed by atoms with Gasteiger partial charge in [-0.15, -0.1) is 0 Å². The summed E-state index contributed by atoms with van der Waals surface area (Å²) >= 11 is 0. The number of nitrogen functional groups attached to an aromatic ring is 1. The van der Waals surface area contributed by atoms with Crippen LogP contribution in [0.3, 0.4) is 0 Å². The molecule has 3 aromatic carbocycles. The molecule has 0 unspecified atom stereocenters. The zero-order chi connectivity index (χ0) is 26.6. The maximum Gasteiger partial charge on any atom is 0.255 e. The first kappa shape index (κ1) is 30.4. The predicted octanol–water partition coefficient (Wildman–Crippen LogP) is -1.17. The molecule has 5 aromatic rings. The summed E-state index contributed by atoms with van der Waals surface area (Å²) in [7, 11) is 5.56. The number of nitrogens with zero attached hydrogens (tertiary/aromatic N) is 2. The first-order valence-electron chi connectivity index (χ1n) is 12.2. The Bertz CT molecular complexity index is 1630. The lowest BCUT2D eigenvalue weighted by Gasteiger charge is -2.14. The lowest BCUT2D eigenvalue weighted by molar-refractivity contribution is -0.671. The minimum Gasteiger partial charge on any atom is -1.00 e. The van der Waals surface area contributed by atoms with E-state index in [1.807, 2.05) is 102 Å². The van der Waals surface area contributed by atoms with Crippen molar-refractivity contribution in [2.24, 2.45) is 14.1 Å². The molecule has 206 valence electrons. The first-order chi connectivity index (χ1) is 18.4. The maximum atomic E-state index is 12.9. The van der Waals surface area contributed by atoms with Crippen molar-refractivity contribution in [2.75, 3.05) is 28.8 Å². The number of hydrogen-bond acceptors (Lipinski definition) is 5. The molecule has 5 rings (SSSR count). The number of rotatable bonds is 7. The number of nitrogens with two attached hydrogens (primary N) is 1. The Morgan fingerprint density at radius 1 is 0.750 bits per heavy atom. The number of nitrogens with one attached hydrogen (secondary N) is 3. The number of benzene rings is 3. The minimum absolute atomic E-state index is 0. The summed E-state index contributed by atoms with van der Waals surface area (Å²) in [6.07, 6.45) is 5.92. The average Bonchev–Trinajstić information content (AvgIpc) is 2.92. The van der Waals surface area contributed by atoms with Gasteiger partial charge in [-0.2, -0.15) is 0 Å². The van der Waals surface area contributed by atoms with Crippen LogP contribution in [-0.4, -0.2) is 13.0 Å². The Morgan fingerprint density at radius 3 is 2.12 bits per heavy atom. The smallest absolute Gasteiger partial charge is 0.255 e. The van der Waals surface area contributed by atoms with E-state index >= 15 is 0 Å². The number of hydrogen-bond donors (Lipinski definition) is 4. The molecular formula is C30H30Br2N6O2. The third-order valence-electron chi connectivity index (χ3n) is 6.30. The summed E-state index contributed by atoms with van der Waals surface area (Å²) in [5, 5.41) is 10.8. The monoisotopic (exact) mass is 664 g/mol. The molecule has 40 heavy (non-hydrogen) atoms. The molecule has 5 N–H and O–H groups in total. The van der Waals surface area contributed by atoms with Crippen LogP contribution >= 0.6 is 0 Å². The second-order valence-corrected chi connectivity index (χ2v) is 9.07. The molecule has 1 amide bonds. The molecule has 8 nitrogen and oxygen atoms in total. The third-order valence-corrected chi connectivity index (χ3v) is 6.30. The van der Waals surface area contributed by atoms with E-state index in [0.717, 1.165) is 33.7 Å². The van der Waals surface area contributed by atoms with Crippen LogP contribution in [0.25, 0.3) is 10.9 Å². The summed E-state index contributed by atoms with van der Waals surface area (Å²) in [4.78, 5) is 12.9. The van der Waals surface area contributed by atoms with E-state index in [9.17, 15) is 4.79 Å². The molecule has 0 atom stereocenters. The first-order valence-corrected chi connectivity index (χ1v) is 12.2. The lowest BCUT2D eigenvalue weighted by atomic mass is 10.1. The number of anilines is 6. The zero-order valence-electron chi connectivity index (χ0n) is 22.3. The van der Waals surface area contributed by atoms with Gasteiger partial charge in [0.15, 0.2) is 18.6 Å². The SMILES string of the molecule is COc1cc(NC(=O)c2ccc(Nc3cc[n+](C)cc3)cc2)ccc1Nc1cc[n+](C)c2cc(N)ccc12.[Br-].[Br-]. The Balaban J connectivity index is 0.00000220. The highest BCUT2D eigenvalue weighted by Crippen LogP contribution is 2.33. The maximum absolute atomic E-state index is 12.9. The standard InChI is InChI=1S/C30H28N6O2.2BrH/c1-35-15-12-23(13-16-35)32-22-7-4-20(5-8-22)30(37)33-24-9-11-27(29(19-24)38-3)34-26-14-17-36(2)28-18-21(31)6-10-25(26)28;;/h4-19H,1-3H3,(H3,31,33,34,37);2*1H. The molecule has 0 aliphatic heterocycles. The number of carbonyl (C=O) groups is 1. The Kier molecular flexibility index (Phi) is 10.1. The lowest BCUT2D eigenvalue weighted by Crippen LogP contribution is -3.00. The van der Waals surface area contributed by atoms with Crippen molar-refractivity contribution in [1.29, 1.82) is 0 Å². The fraction of sp³-hybridized carbons (Fsp3) is 0.100. The fourth-order valence-corrected chi connectivity index (χ4v) is 4.21. The van der Waals surface area contributed by atoms with Gasteiger partial charge in [-0.25, -0.2) is 9.13 Å². The minimum atomic E-state index is -0.204. The van der Waals surface area contributed by atoms with Crippen molar-refractivity contribution in [2.45, 2.75) is 0 Å². The predicted molar refractivity (Wildman–Crippen MR) is 151 cm³/mol. The van der Waals surface area contributed by atoms with Crippen molar-refractivity contribution in [3.63, 3.8) is 0 Å². The van der Waals surface area contributed by atoms with E-state index in [0.29, 0.717) is 22.7 Å². The van der Waals surface area contributed by atoms with E-state index in [-0.39, 0.29) is 39.9 Å². The fourth-order valence-electron chi connectivity index (χ4n) is 4.21. The van der Waals surface area contributed by atoms with E-state index < -0.39 is 0 Å². The number of fused-ring (bicyclic) bond motifs is 1. The number of amides is 1. The quantitative estimate of drug-likeness (QED) is 0.130. The van der Waals surface area contributed by atoms with Gasteiger partial charge in [0.25, 0.3) is 5.91 Å². The van der Waals surface area contributed by atoms with Crippen LogP contribution in [0, 0.1) is 0 Å². The summed E-state index contributed by atoms with van der Waals surface area (Å²) in [6.45, 7) is 0. The molecule has 0 bridgehead atoms. The van der Waals surface area contributed by atoms with Crippen LogP contribution in [0.15, 0.2) is 97.5 Å². The number of aryl methyl sites for hydroxylation is 2. The van der Waals surface area contributed by atoms with Crippen LogP contribution in [-0.2, 0) is 14.1 Å². The number of methoxy groups -OCH3 is 1. The molecule has 10 heteroatoms. The van der Waals surface area contributed by atoms with Crippen LogP contribution in [0.4, 0.5) is 34.1 Å². The van der Waals surface area contributed by atoms with E-state index in [2.05, 4.69) is 16.0 Å². The molecule has 0 fully saturated rings. The van der Waals surface area contributed by atoms with Gasteiger partial charge in [0, 0.05) is 53.0 Å². The molecule has 0 radical (unpaired) electrons. The second-order valence-electron chi connectivity index (χ2n) is 9.07. The van der Waals surface area contributed by atoms with E-state index in [1.165, 1.54) is 0 Å². The van der Waals surface area contributed by atoms with Gasteiger partial charge in [-0.3, -0.25) is 4.79 Å². The molecule has 0 aliphatic rings. The highest BCUT2D eigenvalue weighted by molar-refractivity contribution is 6.04.